The molecule has 168 valence electrons. The molecule has 1 fully saturated rings. The first-order valence-electron chi connectivity index (χ1n) is 10.8. The van der Waals surface area contributed by atoms with Crippen molar-refractivity contribution in [2.75, 3.05) is 38.5 Å². The molecule has 9 heteroatoms. The van der Waals surface area contributed by atoms with Gasteiger partial charge in [0.25, 0.3) is 11.8 Å². The number of likely N-dealkylation sites (N-methyl/N-ethyl adjacent to an activating group) is 1. The molecule has 0 aliphatic carbocycles. The molecule has 1 N–H and O–H groups in total. The Kier molecular flexibility index (Phi) is 5.65. The molecule has 3 heterocycles. The van der Waals surface area contributed by atoms with Crippen LogP contribution >= 0.6 is 11.3 Å². The molecule has 0 bridgehead atoms. The number of carbonyl (C=O) groups is 2. The van der Waals surface area contributed by atoms with E-state index in [2.05, 4.69) is 27.3 Å². The minimum Gasteiger partial charge on any atom is -0.336 e. The lowest BCUT2D eigenvalue weighted by molar-refractivity contribution is 0.0664. The number of carbonyl (C=O) groups excluding carboxylic acids is 2. The van der Waals surface area contributed by atoms with Crippen LogP contribution in [0.1, 0.15) is 26.4 Å². The number of anilines is 1. The predicted molar refractivity (Wildman–Crippen MR) is 129 cm³/mol. The van der Waals surface area contributed by atoms with Gasteiger partial charge in [-0.2, -0.15) is 5.10 Å². The highest BCUT2D eigenvalue weighted by Crippen LogP contribution is 2.28. The Hall–Kier alpha value is -3.56. The van der Waals surface area contributed by atoms with E-state index >= 15 is 0 Å². The van der Waals surface area contributed by atoms with Crippen molar-refractivity contribution in [3.8, 4) is 5.69 Å². The fourth-order valence-electron chi connectivity index (χ4n) is 3.93. The second-order valence-corrected chi connectivity index (χ2v) is 9.17. The standard InChI is InChI=1S/C24H24N6O2S/c1-16-19(15-25-30(16)18-6-4-3-5-7-18)22(31)27-24-26-20-9-8-17(14-21(20)33-24)23(32)29-12-10-28(2)11-13-29/h3-9,14-15H,10-13H2,1-2H3,(H,26,27,31). The quantitative estimate of drug-likeness (QED) is 0.505. The average molecular weight is 461 g/mol. The van der Waals surface area contributed by atoms with Gasteiger partial charge < -0.3 is 9.80 Å². The number of thiazole rings is 1. The van der Waals surface area contributed by atoms with Crippen molar-refractivity contribution in [1.29, 1.82) is 0 Å². The molecule has 0 spiro atoms. The molecule has 8 nitrogen and oxygen atoms in total. The van der Waals surface area contributed by atoms with Crippen LogP contribution in [-0.2, 0) is 0 Å². The van der Waals surface area contributed by atoms with Crippen LogP contribution in [0.3, 0.4) is 0 Å². The van der Waals surface area contributed by atoms with Crippen molar-refractivity contribution in [1.82, 2.24) is 24.6 Å². The van der Waals surface area contributed by atoms with Crippen molar-refractivity contribution in [3.05, 3.63) is 71.5 Å². The number of benzene rings is 2. The predicted octanol–water partition coefficient (Wildman–Crippen LogP) is 3.43. The Bertz CT molecular complexity index is 1320. The highest BCUT2D eigenvalue weighted by Gasteiger charge is 2.21. The molecule has 4 aromatic rings. The summed E-state index contributed by atoms with van der Waals surface area (Å²) in [5.41, 5.74) is 3.53. The van der Waals surface area contributed by atoms with Gasteiger partial charge in [0.05, 0.1) is 33.4 Å². The van der Waals surface area contributed by atoms with Crippen molar-refractivity contribution in [3.63, 3.8) is 0 Å². The molecule has 0 radical (unpaired) electrons. The van der Waals surface area contributed by atoms with E-state index < -0.39 is 0 Å². The van der Waals surface area contributed by atoms with Gasteiger partial charge in [-0.1, -0.05) is 29.5 Å². The maximum atomic E-state index is 12.9. The summed E-state index contributed by atoms with van der Waals surface area (Å²) < 4.78 is 2.60. The Morgan fingerprint density at radius 1 is 1.03 bits per heavy atom. The summed E-state index contributed by atoms with van der Waals surface area (Å²) >= 11 is 1.36. The van der Waals surface area contributed by atoms with E-state index in [1.807, 2.05) is 60.4 Å². The number of amides is 2. The van der Waals surface area contributed by atoms with Gasteiger partial charge >= 0.3 is 0 Å². The fraction of sp³-hybridized carbons (Fsp3) is 0.250. The topological polar surface area (TPSA) is 83.4 Å². The maximum Gasteiger partial charge on any atom is 0.260 e. The van der Waals surface area contributed by atoms with Gasteiger partial charge in [-0.3, -0.25) is 14.9 Å². The number of hydrogen-bond donors (Lipinski definition) is 1. The lowest BCUT2D eigenvalue weighted by Gasteiger charge is -2.32. The van der Waals surface area contributed by atoms with E-state index in [1.165, 1.54) is 11.3 Å². The lowest BCUT2D eigenvalue weighted by Crippen LogP contribution is -2.47. The molecule has 2 aromatic carbocycles. The van der Waals surface area contributed by atoms with Gasteiger partial charge in [0.15, 0.2) is 5.13 Å². The molecule has 0 saturated carbocycles. The molecule has 33 heavy (non-hydrogen) atoms. The van der Waals surface area contributed by atoms with Crippen LogP contribution in [0.5, 0.6) is 0 Å². The highest BCUT2D eigenvalue weighted by atomic mass is 32.1. The molecule has 0 unspecified atom stereocenters. The lowest BCUT2D eigenvalue weighted by atomic mass is 10.1. The monoisotopic (exact) mass is 460 g/mol. The van der Waals surface area contributed by atoms with Crippen LogP contribution in [0.15, 0.2) is 54.7 Å². The van der Waals surface area contributed by atoms with E-state index in [0.717, 1.165) is 47.8 Å². The molecule has 1 aliphatic heterocycles. The first kappa shape index (κ1) is 21.3. The Labute approximate surface area is 195 Å². The number of aromatic nitrogens is 3. The first-order valence-corrected chi connectivity index (χ1v) is 11.6. The number of nitrogens with zero attached hydrogens (tertiary/aromatic N) is 5. The number of rotatable bonds is 4. The van der Waals surface area contributed by atoms with Gasteiger partial charge in [0, 0.05) is 31.7 Å². The fourth-order valence-corrected chi connectivity index (χ4v) is 4.83. The normalized spacial score (nSPS) is 14.5. The smallest absolute Gasteiger partial charge is 0.260 e. The summed E-state index contributed by atoms with van der Waals surface area (Å²) in [6.45, 7) is 5.08. The third-order valence-corrected chi connectivity index (χ3v) is 6.84. The number of nitrogens with one attached hydrogen (secondary N) is 1. The zero-order valence-electron chi connectivity index (χ0n) is 18.5. The highest BCUT2D eigenvalue weighted by molar-refractivity contribution is 7.22. The van der Waals surface area contributed by atoms with Crippen LogP contribution in [0, 0.1) is 6.92 Å². The van der Waals surface area contributed by atoms with Crippen LogP contribution < -0.4 is 5.32 Å². The number of hydrogen-bond acceptors (Lipinski definition) is 6. The van der Waals surface area contributed by atoms with E-state index in [9.17, 15) is 9.59 Å². The minimum absolute atomic E-state index is 0.0351. The second-order valence-electron chi connectivity index (χ2n) is 8.14. The summed E-state index contributed by atoms with van der Waals surface area (Å²) in [5.74, 6) is -0.226. The van der Waals surface area contributed by atoms with Crippen molar-refractivity contribution in [2.45, 2.75) is 6.92 Å². The van der Waals surface area contributed by atoms with Gasteiger partial charge in [0.1, 0.15) is 0 Å². The molecule has 5 rings (SSSR count). The zero-order valence-corrected chi connectivity index (χ0v) is 19.3. The van der Waals surface area contributed by atoms with E-state index in [1.54, 1.807) is 10.9 Å². The third kappa shape index (κ3) is 4.24. The van der Waals surface area contributed by atoms with Crippen LogP contribution in [0.25, 0.3) is 15.9 Å². The summed E-state index contributed by atoms with van der Waals surface area (Å²) in [5, 5.41) is 7.74. The van der Waals surface area contributed by atoms with Crippen LogP contribution in [-0.4, -0.2) is 69.6 Å². The number of para-hydroxylation sites is 1. The van der Waals surface area contributed by atoms with E-state index in [-0.39, 0.29) is 11.8 Å². The van der Waals surface area contributed by atoms with E-state index in [4.69, 9.17) is 0 Å². The summed E-state index contributed by atoms with van der Waals surface area (Å²) in [7, 11) is 2.06. The van der Waals surface area contributed by atoms with Crippen LogP contribution in [0.2, 0.25) is 0 Å². The van der Waals surface area contributed by atoms with Crippen molar-refractivity contribution >= 4 is 38.5 Å². The number of piperazine rings is 1. The molecule has 1 aliphatic rings. The molecular formula is C24H24N6O2S. The average Bonchev–Trinajstić information content (AvgIpc) is 3.41. The largest absolute Gasteiger partial charge is 0.336 e. The zero-order chi connectivity index (χ0) is 22.9. The molecular weight excluding hydrogens is 436 g/mol. The molecule has 2 amide bonds. The summed E-state index contributed by atoms with van der Waals surface area (Å²) in [6.07, 6.45) is 1.57. The van der Waals surface area contributed by atoms with Gasteiger partial charge in [-0.05, 0) is 44.3 Å². The SMILES string of the molecule is Cc1c(C(=O)Nc2nc3ccc(C(=O)N4CCN(C)CC4)cc3s2)cnn1-c1ccccc1. The van der Waals surface area contributed by atoms with Gasteiger partial charge in [0.2, 0.25) is 0 Å². The first-order chi connectivity index (χ1) is 16.0. The Balaban J connectivity index is 1.33. The second kappa shape index (κ2) is 8.76. The third-order valence-electron chi connectivity index (χ3n) is 5.90. The summed E-state index contributed by atoms with van der Waals surface area (Å²) in [4.78, 5) is 34.4. The van der Waals surface area contributed by atoms with Crippen LogP contribution in [0.4, 0.5) is 5.13 Å². The molecule has 0 atom stereocenters. The molecule has 2 aromatic heterocycles. The van der Waals surface area contributed by atoms with Gasteiger partial charge in [-0.25, -0.2) is 9.67 Å². The minimum atomic E-state index is -0.262. The molecule has 1 saturated heterocycles. The van der Waals surface area contributed by atoms with Crippen molar-refractivity contribution < 1.29 is 9.59 Å². The Morgan fingerprint density at radius 2 is 1.79 bits per heavy atom. The van der Waals surface area contributed by atoms with Crippen molar-refractivity contribution in [2.24, 2.45) is 0 Å². The van der Waals surface area contributed by atoms with E-state index in [0.29, 0.717) is 16.3 Å². The number of fused-ring (bicyclic) bond motifs is 1. The Morgan fingerprint density at radius 3 is 2.55 bits per heavy atom. The van der Waals surface area contributed by atoms with Gasteiger partial charge in [-0.15, -0.1) is 0 Å². The maximum absolute atomic E-state index is 12.9. The summed E-state index contributed by atoms with van der Waals surface area (Å²) in [6, 6.07) is 15.2.